The summed E-state index contributed by atoms with van der Waals surface area (Å²) in [4.78, 5) is 4.19. The van der Waals surface area contributed by atoms with Gasteiger partial charge in [0.2, 0.25) is 0 Å². The van der Waals surface area contributed by atoms with Gasteiger partial charge in [0.1, 0.15) is 6.07 Å². The van der Waals surface area contributed by atoms with Crippen LogP contribution in [0.3, 0.4) is 0 Å². The molecular formula is C22H12N2S. The van der Waals surface area contributed by atoms with E-state index in [-0.39, 0.29) is 0 Å². The summed E-state index contributed by atoms with van der Waals surface area (Å²) < 4.78 is 2.58. The number of nitrogens with zero attached hydrogens (tertiary/aromatic N) is 2. The molecule has 0 fully saturated rings. The molecule has 2 nitrogen and oxygen atoms in total. The fourth-order valence-electron chi connectivity index (χ4n) is 3.39. The van der Waals surface area contributed by atoms with Gasteiger partial charge in [0.05, 0.1) is 5.56 Å². The van der Waals surface area contributed by atoms with Crippen LogP contribution in [-0.4, -0.2) is 4.98 Å². The predicted molar refractivity (Wildman–Crippen MR) is 105 cm³/mol. The normalized spacial score (nSPS) is 11.2. The minimum Gasteiger partial charge on any atom is -0.263 e. The molecule has 2 heterocycles. The fourth-order valence-corrected chi connectivity index (χ4v) is 4.49. The molecule has 0 bridgehead atoms. The largest absolute Gasteiger partial charge is 0.263 e. The Morgan fingerprint density at radius 3 is 2.60 bits per heavy atom. The van der Waals surface area contributed by atoms with Crippen molar-refractivity contribution in [3.8, 4) is 17.2 Å². The van der Waals surface area contributed by atoms with Crippen LogP contribution in [0.25, 0.3) is 42.1 Å². The van der Waals surface area contributed by atoms with Crippen LogP contribution in [0.4, 0.5) is 0 Å². The lowest BCUT2D eigenvalue weighted by molar-refractivity contribution is 1.30. The lowest BCUT2D eigenvalue weighted by atomic mass is 10.0. The van der Waals surface area contributed by atoms with Crippen LogP contribution in [0, 0.1) is 11.3 Å². The second kappa shape index (κ2) is 5.41. The molecule has 2 aromatic heterocycles. The predicted octanol–water partition coefficient (Wildman–Crippen LogP) is 6.14. The number of aromatic nitrogens is 1. The number of hydrogen-bond acceptors (Lipinski definition) is 3. The van der Waals surface area contributed by atoms with Crippen LogP contribution in [-0.2, 0) is 0 Å². The third kappa shape index (κ3) is 2.20. The van der Waals surface area contributed by atoms with E-state index >= 15 is 0 Å². The van der Waals surface area contributed by atoms with E-state index in [0.29, 0.717) is 5.56 Å². The van der Waals surface area contributed by atoms with Gasteiger partial charge in [-0.2, -0.15) is 5.26 Å². The highest BCUT2D eigenvalue weighted by atomic mass is 32.1. The fraction of sp³-hybridized carbons (Fsp3) is 0. The first-order valence-corrected chi connectivity index (χ1v) is 8.85. The second-order valence-electron chi connectivity index (χ2n) is 6.05. The SMILES string of the molecule is N#Cc1cncc(-c2ccc3sc4ccc5ccccc5c4c3c2)c1. The van der Waals surface area contributed by atoms with E-state index in [2.05, 4.69) is 65.7 Å². The van der Waals surface area contributed by atoms with E-state index in [1.54, 1.807) is 6.20 Å². The van der Waals surface area contributed by atoms with Crippen molar-refractivity contribution in [2.45, 2.75) is 0 Å². The molecule has 0 aliphatic rings. The van der Waals surface area contributed by atoms with Crippen LogP contribution in [0.5, 0.6) is 0 Å². The van der Waals surface area contributed by atoms with E-state index in [1.807, 2.05) is 23.6 Å². The zero-order chi connectivity index (χ0) is 16.8. The highest BCUT2D eigenvalue weighted by Gasteiger charge is 2.10. The second-order valence-corrected chi connectivity index (χ2v) is 7.13. The number of nitriles is 1. The zero-order valence-corrected chi connectivity index (χ0v) is 14.0. The molecule has 5 aromatic rings. The first-order chi connectivity index (χ1) is 12.3. The quantitative estimate of drug-likeness (QED) is 0.368. The van der Waals surface area contributed by atoms with Gasteiger partial charge in [0, 0.05) is 38.1 Å². The average Bonchev–Trinajstić information content (AvgIpc) is 3.06. The highest BCUT2D eigenvalue weighted by Crippen LogP contribution is 2.40. The van der Waals surface area contributed by atoms with Gasteiger partial charge in [-0.05, 0) is 40.6 Å². The van der Waals surface area contributed by atoms with Crippen molar-refractivity contribution in [2.24, 2.45) is 0 Å². The van der Waals surface area contributed by atoms with Gasteiger partial charge in [-0.15, -0.1) is 11.3 Å². The minimum absolute atomic E-state index is 0.582. The molecule has 0 saturated heterocycles. The molecule has 0 amide bonds. The van der Waals surface area contributed by atoms with Crippen LogP contribution in [0.2, 0.25) is 0 Å². The zero-order valence-electron chi connectivity index (χ0n) is 13.2. The maximum absolute atomic E-state index is 9.12. The smallest absolute Gasteiger partial charge is 0.101 e. The van der Waals surface area contributed by atoms with Crippen molar-refractivity contribution in [1.82, 2.24) is 4.98 Å². The summed E-state index contributed by atoms with van der Waals surface area (Å²) in [6, 6.07) is 23.5. The Hall–Kier alpha value is -3.22. The van der Waals surface area contributed by atoms with Crippen molar-refractivity contribution in [3.05, 3.63) is 78.6 Å². The maximum atomic E-state index is 9.12. The first kappa shape index (κ1) is 14.2. The number of pyridine rings is 1. The van der Waals surface area contributed by atoms with E-state index in [1.165, 1.54) is 30.9 Å². The van der Waals surface area contributed by atoms with E-state index in [9.17, 15) is 0 Å². The van der Waals surface area contributed by atoms with Crippen LogP contribution < -0.4 is 0 Å². The molecule has 0 aliphatic carbocycles. The summed E-state index contributed by atoms with van der Waals surface area (Å²) in [7, 11) is 0. The summed E-state index contributed by atoms with van der Waals surface area (Å²) in [6.07, 6.45) is 3.41. The third-order valence-corrected chi connectivity index (χ3v) is 5.70. The van der Waals surface area contributed by atoms with E-state index in [4.69, 9.17) is 5.26 Å². The highest BCUT2D eigenvalue weighted by molar-refractivity contribution is 7.26. The van der Waals surface area contributed by atoms with Gasteiger partial charge < -0.3 is 0 Å². The van der Waals surface area contributed by atoms with Crippen molar-refractivity contribution in [2.75, 3.05) is 0 Å². The Labute approximate surface area is 148 Å². The molecule has 0 unspecified atom stereocenters. The number of rotatable bonds is 1. The number of benzene rings is 3. The van der Waals surface area contributed by atoms with Crippen molar-refractivity contribution < 1.29 is 0 Å². The van der Waals surface area contributed by atoms with Crippen molar-refractivity contribution in [1.29, 1.82) is 5.26 Å². The Bertz CT molecular complexity index is 1310. The Morgan fingerprint density at radius 2 is 1.68 bits per heavy atom. The van der Waals surface area contributed by atoms with Crippen molar-refractivity contribution >= 4 is 42.3 Å². The molecule has 5 rings (SSSR count). The van der Waals surface area contributed by atoms with Gasteiger partial charge in [0.25, 0.3) is 0 Å². The van der Waals surface area contributed by atoms with Gasteiger partial charge in [-0.25, -0.2) is 0 Å². The monoisotopic (exact) mass is 336 g/mol. The topological polar surface area (TPSA) is 36.7 Å². The lowest BCUT2D eigenvalue weighted by Crippen LogP contribution is -1.83. The number of fused-ring (bicyclic) bond motifs is 5. The number of hydrogen-bond donors (Lipinski definition) is 0. The Morgan fingerprint density at radius 1 is 0.800 bits per heavy atom. The number of thiophene rings is 1. The lowest BCUT2D eigenvalue weighted by Gasteiger charge is -2.03. The molecule has 3 aromatic carbocycles. The summed E-state index contributed by atoms with van der Waals surface area (Å²) in [5, 5.41) is 14.2. The standard InChI is InChI=1S/C22H12N2S/c23-11-14-9-17(13-24-12-14)16-6-7-20-19(10-16)22-18-4-2-1-3-15(18)5-8-21(22)25-20/h1-10,12-13H. The van der Waals surface area contributed by atoms with E-state index < -0.39 is 0 Å². The minimum atomic E-state index is 0.582. The molecule has 0 N–H and O–H groups in total. The summed E-state index contributed by atoms with van der Waals surface area (Å²) in [6.45, 7) is 0. The average molecular weight is 336 g/mol. The van der Waals surface area contributed by atoms with Gasteiger partial charge >= 0.3 is 0 Å². The molecule has 0 radical (unpaired) electrons. The Balaban J connectivity index is 1.85. The molecular weight excluding hydrogens is 324 g/mol. The Kier molecular flexibility index (Phi) is 3.06. The van der Waals surface area contributed by atoms with Crippen molar-refractivity contribution in [3.63, 3.8) is 0 Å². The molecule has 25 heavy (non-hydrogen) atoms. The summed E-state index contributed by atoms with van der Waals surface area (Å²) in [5.74, 6) is 0. The molecule has 0 atom stereocenters. The molecule has 3 heteroatoms. The maximum Gasteiger partial charge on any atom is 0.101 e. The van der Waals surface area contributed by atoms with Crippen LogP contribution in [0.1, 0.15) is 5.56 Å². The molecule has 116 valence electrons. The van der Waals surface area contributed by atoms with Gasteiger partial charge in [0.15, 0.2) is 0 Å². The molecule has 0 saturated carbocycles. The molecule has 0 spiro atoms. The van der Waals surface area contributed by atoms with Crippen LogP contribution >= 0.6 is 11.3 Å². The first-order valence-electron chi connectivity index (χ1n) is 8.03. The van der Waals surface area contributed by atoms with Crippen LogP contribution in [0.15, 0.2) is 73.1 Å². The summed E-state index contributed by atoms with van der Waals surface area (Å²) >= 11 is 1.82. The van der Waals surface area contributed by atoms with Gasteiger partial charge in [-0.3, -0.25) is 4.98 Å². The molecule has 0 aliphatic heterocycles. The van der Waals surface area contributed by atoms with E-state index in [0.717, 1.165) is 11.1 Å². The van der Waals surface area contributed by atoms with Gasteiger partial charge in [-0.1, -0.05) is 36.4 Å². The summed E-state index contributed by atoms with van der Waals surface area (Å²) in [5.41, 5.74) is 2.64. The third-order valence-electron chi connectivity index (χ3n) is 4.56.